The van der Waals surface area contributed by atoms with Gasteiger partial charge in [-0.2, -0.15) is 0 Å². The van der Waals surface area contributed by atoms with E-state index in [-0.39, 0.29) is 0 Å². The second-order valence-corrected chi connectivity index (χ2v) is 4.33. The first-order valence-corrected chi connectivity index (χ1v) is 5.82. The maximum absolute atomic E-state index is 2.20. The molecule has 0 radical (unpaired) electrons. The number of hydrogen-bond acceptors (Lipinski definition) is 0. The van der Waals surface area contributed by atoms with Gasteiger partial charge in [0.05, 0.1) is 0 Å². The summed E-state index contributed by atoms with van der Waals surface area (Å²) in [5.41, 5.74) is 1.42. The Kier molecular flexibility index (Phi) is 8.85. The molecule has 0 amide bonds. The Balaban J connectivity index is 0.000000423. The van der Waals surface area contributed by atoms with E-state index in [4.69, 9.17) is 0 Å². The summed E-state index contributed by atoms with van der Waals surface area (Å²) in [6.07, 6.45) is 6.61. The van der Waals surface area contributed by atoms with Gasteiger partial charge < -0.3 is 0 Å². The van der Waals surface area contributed by atoms with Crippen molar-refractivity contribution in [2.45, 2.75) is 40.5 Å². The van der Waals surface area contributed by atoms with Crippen molar-refractivity contribution in [1.29, 1.82) is 0 Å². The molecule has 0 heteroatoms. The van der Waals surface area contributed by atoms with Gasteiger partial charge in [0.25, 0.3) is 0 Å². The smallest absolute Gasteiger partial charge is 0.0244 e. The van der Waals surface area contributed by atoms with Crippen molar-refractivity contribution in [3.8, 4) is 0 Å². The van der Waals surface area contributed by atoms with Gasteiger partial charge in [0.15, 0.2) is 0 Å². The Labute approximate surface area is 95.0 Å². The van der Waals surface area contributed by atoms with E-state index < -0.39 is 0 Å². The highest BCUT2D eigenvalue weighted by atomic mass is 13.9. The average molecular weight is 204 g/mol. The summed E-state index contributed by atoms with van der Waals surface area (Å²) in [7, 11) is 0. The third kappa shape index (κ3) is 10.9. The van der Waals surface area contributed by atoms with E-state index in [1.54, 1.807) is 0 Å². The lowest BCUT2D eigenvalue weighted by Gasteiger charge is -1.95. The molecule has 1 aromatic carbocycles. The van der Waals surface area contributed by atoms with Crippen LogP contribution in [0.2, 0.25) is 0 Å². The fourth-order valence-corrected chi connectivity index (χ4v) is 1.06. The quantitative estimate of drug-likeness (QED) is 0.617. The highest BCUT2D eigenvalue weighted by molar-refractivity contribution is 5.15. The molecule has 0 bridgehead atoms. The van der Waals surface area contributed by atoms with Gasteiger partial charge in [0, 0.05) is 0 Å². The van der Waals surface area contributed by atoms with E-state index in [9.17, 15) is 0 Å². The van der Waals surface area contributed by atoms with E-state index >= 15 is 0 Å². The van der Waals surface area contributed by atoms with Crippen LogP contribution in [0, 0.1) is 5.92 Å². The zero-order chi connectivity index (χ0) is 11.5. The molecule has 1 aromatic rings. The normalized spacial score (nSPS) is 10.2. The molecule has 0 N–H and O–H groups in total. The molecule has 84 valence electrons. The molecule has 0 fully saturated rings. The molecule has 0 heterocycles. The van der Waals surface area contributed by atoms with Crippen LogP contribution >= 0.6 is 0 Å². The van der Waals surface area contributed by atoms with Crippen molar-refractivity contribution in [2.75, 3.05) is 0 Å². The molecule has 15 heavy (non-hydrogen) atoms. The number of benzene rings is 1. The molecule has 0 spiro atoms. The first-order valence-electron chi connectivity index (χ1n) is 5.82. The third-order valence-corrected chi connectivity index (χ3v) is 1.68. The first-order chi connectivity index (χ1) is 7.16. The summed E-state index contributed by atoms with van der Waals surface area (Å²) < 4.78 is 0. The predicted octanol–water partition coefficient (Wildman–Crippen LogP) is 4.86. The number of aryl methyl sites for hydroxylation is 1. The summed E-state index contributed by atoms with van der Waals surface area (Å²) in [6, 6.07) is 10.6. The van der Waals surface area contributed by atoms with Crippen LogP contribution < -0.4 is 0 Å². The van der Waals surface area contributed by atoms with E-state index in [0.717, 1.165) is 18.8 Å². The van der Waals surface area contributed by atoms with Crippen molar-refractivity contribution in [3.63, 3.8) is 0 Å². The van der Waals surface area contributed by atoms with E-state index in [1.165, 1.54) is 5.56 Å². The summed E-state index contributed by atoms with van der Waals surface area (Å²) in [6.45, 7) is 8.56. The lowest BCUT2D eigenvalue weighted by Crippen LogP contribution is -1.80. The minimum Gasteiger partial charge on any atom is -0.0917 e. The zero-order valence-corrected chi connectivity index (χ0v) is 10.5. The Bertz CT molecular complexity index is 241. The molecule has 0 atom stereocenters. The summed E-state index contributed by atoms with van der Waals surface area (Å²) in [5.74, 6) is 0.833. The molecule has 0 saturated carbocycles. The predicted molar refractivity (Wildman–Crippen MR) is 70.1 cm³/mol. The van der Waals surface area contributed by atoms with Crippen LogP contribution in [0.4, 0.5) is 0 Å². The topological polar surface area (TPSA) is 0 Å². The van der Waals surface area contributed by atoms with Crippen LogP contribution in [0.15, 0.2) is 42.5 Å². The Morgan fingerprint density at radius 1 is 1.07 bits per heavy atom. The summed E-state index contributed by atoms with van der Waals surface area (Å²) >= 11 is 0. The van der Waals surface area contributed by atoms with Crippen molar-refractivity contribution in [2.24, 2.45) is 5.92 Å². The van der Waals surface area contributed by atoms with Gasteiger partial charge in [0.2, 0.25) is 0 Å². The lowest BCUT2D eigenvalue weighted by atomic mass is 10.1. The Morgan fingerprint density at radius 3 is 2.07 bits per heavy atom. The molecule has 0 saturated heterocycles. The van der Waals surface area contributed by atoms with Crippen LogP contribution in [0.5, 0.6) is 0 Å². The molecule has 0 aliphatic carbocycles. The number of rotatable bonds is 3. The van der Waals surface area contributed by atoms with Crippen molar-refractivity contribution >= 4 is 0 Å². The van der Waals surface area contributed by atoms with Crippen LogP contribution in [0.25, 0.3) is 0 Å². The van der Waals surface area contributed by atoms with Gasteiger partial charge in [0.1, 0.15) is 0 Å². The maximum atomic E-state index is 2.20. The minimum atomic E-state index is 0.833. The van der Waals surface area contributed by atoms with Crippen LogP contribution in [0.3, 0.4) is 0 Å². The Hall–Kier alpha value is -1.04. The lowest BCUT2D eigenvalue weighted by molar-refractivity contribution is 0.737. The second-order valence-electron chi connectivity index (χ2n) is 4.33. The van der Waals surface area contributed by atoms with Crippen molar-refractivity contribution in [3.05, 3.63) is 48.0 Å². The van der Waals surface area contributed by atoms with Gasteiger partial charge in [-0.05, 0) is 31.2 Å². The Morgan fingerprint density at radius 2 is 1.60 bits per heavy atom. The van der Waals surface area contributed by atoms with E-state index in [2.05, 4.69) is 70.2 Å². The number of hydrogen-bond donors (Lipinski definition) is 0. The standard InChI is InChI=1S/C11H14.C4H10/c1-2-3-5-8-11-9-6-4-7-10-11;1-4(2)3/h2-4,6-7,9-10H,5,8H2,1H3;4H,1-3H3/b3-2-;. The fraction of sp³-hybridized carbons (Fsp3) is 0.467. The third-order valence-electron chi connectivity index (χ3n) is 1.68. The first kappa shape index (κ1) is 14.0. The number of allylic oxidation sites excluding steroid dienone is 2. The largest absolute Gasteiger partial charge is 0.0917 e. The summed E-state index contributed by atoms with van der Waals surface area (Å²) in [4.78, 5) is 0. The molecule has 0 unspecified atom stereocenters. The van der Waals surface area contributed by atoms with Gasteiger partial charge in [-0.1, -0.05) is 63.3 Å². The summed E-state index contributed by atoms with van der Waals surface area (Å²) in [5, 5.41) is 0. The molecule has 0 aliphatic rings. The SMILES string of the molecule is C/C=C\CCc1ccccc1.CC(C)C. The van der Waals surface area contributed by atoms with Gasteiger partial charge >= 0.3 is 0 Å². The van der Waals surface area contributed by atoms with Crippen molar-refractivity contribution in [1.82, 2.24) is 0 Å². The molecular weight excluding hydrogens is 180 g/mol. The van der Waals surface area contributed by atoms with E-state index in [1.807, 2.05) is 0 Å². The molecular formula is C15H24. The van der Waals surface area contributed by atoms with Crippen molar-refractivity contribution < 1.29 is 0 Å². The molecule has 0 aromatic heterocycles. The maximum Gasteiger partial charge on any atom is -0.0244 e. The van der Waals surface area contributed by atoms with Gasteiger partial charge in [-0.25, -0.2) is 0 Å². The zero-order valence-electron chi connectivity index (χ0n) is 10.5. The minimum absolute atomic E-state index is 0.833. The average Bonchev–Trinajstić information content (AvgIpc) is 2.19. The molecule has 0 aliphatic heterocycles. The highest BCUT2D eigenvalue weighted by Gasteiger charge is 1.86. The van der Waals surface area contributed by atoms with Crippen LogP contribution in [0.1, 0.15) is 39.7 Å². The fourth-order valence-electron chi connectivity index (χ4n) is 1.06. The highest BCUT2D eigenvalue weighted by Crippen LogP contribution is 2.02. The van der Waals surface area contributed by atoms with Crippen LogP contribution in [-0.2, 0) is 6.42 Å². The second kappa shape index (κ2) is 9.51. The van der Waals surface area contributed by atoms with Crippen LogP contribution in [-0.4, -0.2) is 0 Å². The van der Waals surface area contributed by atoms with Gasteiger partial charge in [-0.3, -0.25) is 0 Å². The molecule has 0 nitrogen and oxygen atoms in total. The monoisotopic (exact) mass is 204 g/mol. The van der Waals surface area contributed by atoms with Gasteiger partial charge in [-0.15, -0.1) is 0 Å². The molecule has 1 rings (SSSR count). The van der Waals surface area contributed by atoms with E-state index in [0.29, 0.717) is 0 Å².